The molecule has 1 nitrogen and oxygen atoms in total. The molecule has 2 rings (SSSR count). The molecule has 0 aliphatic carbocycles. The molecule has 1 aromatic carbocycles. The van der Waals surface area contributed by atoms with Crippen molar-refractivity contribution in [1.82, 2.24) is 0 Å². The number of rotatable bonds is 2. The number of halogens is 4. The topological polar surface area (TPSA) is 3.24 Å². The van der Waals surface area contributed by atoms with Gasteiger partial charge in [-0.3, -0.25) is 0 Å². The molecular weight excluding hydrogens is 275 g/mol. The molecule has 0 radical (unpaired) electrons. The van der Waals surface area contributed by atoms with E-state index in [9.17, 15) is 13.2 Å². The molecule has 1 fully saturated rings. The summed E-state index contributed by atoms with van der Waals surface area (Å²) in [4.78, 5) is 1.83. The Labute approximate surface area is 116 Å². The first-order valence-electron chi connectivity index (χ1n) is 6.34. The quantitative estimate of drug-likeness (QED) is 0.723. The Morgan fingerprint density at radius 3 is 2.26 bits per heavy atom. The minimum absolute atomic E-state index is 0.0934. The molecule has 1 saturated heterocycles. The van der Waals surface area contributed by atoms with Crippen molar-refractivity contribution in [3.8, 4) is 0 Å². The summed E-state index contributed by atoms with van der Waals surface area (Å²) in [6, 6.07) is 4.38. The summed E-state index contributed by atoms with van der Waals surface area (Å²) in [6.45, 7) is 5.49. The van der Waals surface area contributed by atoms with Gasteiger partial charge in [0, 0.05) is 24.7 Å². The second-order valence-corrected chi connectivity index (χ2v) is 5.61. The molecule has 1 heterocycles. The molecule has 5 heteroatoms. The molecule has 1 aliphatic heterocycles. The number of alkyl halides is 4. The standard InChI is InChI=1S/C14H17ClF3N/c1-9-7-19(8-10(9)2)13-4-3-11(6-15)5-12(13)14(16,17)18/h3-5,9-10H,6-8H2,1-2H3. The van der Waals surface area contributed by atoms with Crippen LogP contribution in [0.25, 0.3) is 0 Å². The molecule has 0 bridgehead atoms. The van der Waals surface area contributed by atoms with E-state index in [0.717, 1.165) is 6.07 Å². The highest BCUT2D eigenvalue weighted by Gasteiger charge is 2.37. The van der Waals surface area contributed by atoms with Gasteiger partial charge in [0.2, 0.25) is 0 Å². The first kappa shape index (κ1) is 14.5. The van der Waals surface area contributed by atoms with Gasteiger partial charge >= 0.3 is 6.18 Å². The van der Waals surface area contributed by atoms with Crippen LogP contribution in [-0.4, -0.2) is 13.1 Å². The van der Waals surface area contributed by atoms with E-state index in [0.29, 0.717) is 30.5 Å². The molecule has 2 unspecified atom stereocenters. The third kappa shape index (κ3) is 2.99. The van der Waals surface area contributed by atoms with E-state index < -0.39 is 11.7 Å². The molecule has 1 aromatic rings. The lowest BCUT2D eigenvalue weighted by Gasteiger charge is -2.23. The van der Waals surface area contributed by atoms with Crippen LogP contribution in [0.1, 0.15) is 25.0 Å². The van der Waals surface area contributed by atoms with Gasteiger partial charge in [-0.2, -0.15) is 13.2 Å². The molecule has 0 N–H and O–H groups in total. The maximum Gasteiger partial charge on any atom is 0.418 e. The van der Waals surface area contributed by atoms with Crippen LogP contribution in [0.3, 0.4) is 0 Å². The Balaban J connectivity index is 2.40. The maximum atomic E-state index is 13.1. The minimum Gasteiger partial charge on any atom is -0.370 e. The van der Waals surface area contributed by atoms with Crippen molar-refractivity contribution in [1.29, 1.82) is 0 Å². The van der Waals surface area contributed by atoms with Crippen molar-refractivity contribution >= 4 is 17.3 Å². The molecule has 0 aromatic heterocycles. The van der Waals surface area contributed by atoms with Crippen LogP contribution in [-0.2, 0) is 12.1 Å². The Bertz CT molecular complexity index is 448. The lowest BCUT2D eigenvalue weighted by molar-refractivity contribution is -0.137. The van der Waals surface area contributed by atoms with E-state index in [4.69, 9.17) is 11.6 Å². The maximum absolute atomic E-state index is 13.1. The fraction of sp³-hybridized carbons (Fsp3) is 0.571. The second-order valence-electron chi connectivity index (χ2n) is 5.34. The molecule has 1 aliphatic rings. The van der Waals surface area contributed by atoms with Crippen LogP contribution in [0.4, 0.5) is 18.9 Å². The Kier molecular flexibility index (Phi) is 4.00. The predicted octanol–water partition coefficient (Wildman–Crippen LogP) is 4.54. The lowest BCUT2D eigenvalue weighted by Crippen LogP contribution is -2.23. The summed E-state index contributed by atoms with van der Waals surface area (Å²) in [6.07, 6.45) is -4.34. The highest BCUT2D eigenvalue weighted by molar-refractivity contribution is 6.17. The van der Waals surface area contributed by atoms with Gasteiger partial charge in [0.05, 0.1) is 5.56 Å². The van der Waals surface area contributed by atoms with Crippen molar-refractivity contribution in [2.75, 3.05) is 18.0 Å². The van der Waals surface area contributed by atoms with Gasteiger partial charge in [-0.25, -0.2) is 0 Å². The summed E-state index contributed by atoms with van der Waals surface area (Å²) < 4.78 is 39.4. The van der Waals surface area contributed by atoms with Gasteiger partial charge in [-0.1, -0.05) is 19.9 Å². The average molecular weight is 292 g/mol. The van der Waals surface area contributed by atoms with Crippen LogP contribution < -0.4 is 4.90 Å². The fourth-order valence-electron chi connectivity index (χ4n) is 2.50. The first-order chi connectivity index (χ1) is 8.82. The van der Waals surface area contributed by atoms with Crippen molar-refractivity contribution in [2.45, 2.75) is 25.9 Å². The lowest BCUT2D eigenvalue weighted by atomic mass is 10.0. The summed E-state index contributed by atoms with van der Waals surface area (Å²) in [5, 5.41) is 0. The smallest absolute Gasteiger partial charge is 0.370 e. The van der Waals surface area contributed by atoms with E-state index in [2.05, 4.69) is 13.8 Å². The summed E-state index contributed by atoms with van der Waals surface area (Å²) in [5.41, 5.74) is 0.197. The van der Waals surface area contributed by atoms with Crippen LogP contribution in [0, 0.1) is 11.8 Å². The zero-order valence-corrected chi connectivity index (χ0v) is 11.7. The molecule has 0 amide bonds. The van der Waals surface area contributed by atoms with E-state index in [1.807, 2.05) is 4.90 Å². The Morgan fingerprint density at radius 1 is 1.21 bits per heavy atom. The number of hydrogen-bond donors (Lipinski definition) is 0. The number of anilines is 1. The van der Waals surface area contributed by atoms with Crippen molar-refractivity contribution in [2.24, 2.45) is 11.8 Å². The van der Waals surface area contributed by atoms with Crippen molar-refractivity contribution in [3.63, 3.8) is 0 Å². The SMILES string of the molecule is CC1CN(c2ccc(CCl)cc2C(F)(F)F)CC1C. The highest BCUT2D eigenvalue weighted by Crippen LogP contribution is 2.39. The zero-order chi connectivity index (χ0) is 14.2. The highest BCUT2D eigenvalue weighted by atomic mass is 35.5. The van der Waals surface area contributed by atoms with Gasteiger partial charge in [-0.15, -0.1) is 11.6 Å². The van der Waals surface area contributed by atoms with E-state index in [-0.39, 0.29) is 11.6 Å². The number of nitrogens with zero attached hydrogens (tertiary/aromatic N) is 1. The van der Waals surface area contributed by atoms with E-state index >= 15 is 0 Å². The molecule has 0 saturated carbocycles. The third-order valence-corrected chi connectivity index (χ3v) is 4.16. The zero-order valence-electron chi connectivity index (χ0n) is 11.0. The normalized spacial score (nSPS) is 24.0. The molecule has 0 spiro atoms. The molecule has 106 valence electrons. The summed E-state index contributed by atoms with van der Waals surface area (Å²) in [7, 11) is 0. The Hall–Kier alpha value is -0.900. The van der Waals surface area contributed by atoms with Crippen LogP contribution >= 0.6 is 11.6 Å². The van der Waals surface area contributed by atoms with Gasteiger partial charge < -0.3 is 4.90 Å². The van der Waals surface area contributed by atoms with E-state index in [1.165, 1.54) is 0 Å². The first-order valence-corrected chi connectivity index (χ1v) is 6.87. The van der Waals surface area contributed by atoms with Crippen LogP contribution in [0.15, 0.2) is 18.2 Å². The van der Waals surface area contributed by atoms with E-state index in [1.54, 1.807) is 12.1 Å². The monoisotopic (exact) mass is 291 g/mol. The van der Waals surface area contributed by atoms with Gasteiger partial charge in [-0.05, 0) is 29.5 Å². The number of hydrogen-bond acceptors (Lipinski definition) is 1. The van der Waals surface area contributed by atoms with Gasteiger partial charge in [0.25, 0.3) is 0 Å². The van der Waals surface area contributed by atoms with Crippen molar-refractivity contribution in [3.05, 3.63) is 29.3 Å². The minimum atomic E-state index is -4.34. The van der Waals surface area contributed by atoms with Crippen LogP contribution in [0.5, 0.6) is 0 Å². The average Bonchev–Trinajstić information content (AvgIpc) is 2.67. The van der Waals surface area contributed by atoms with Gasteiger partial charge in [0.15, 0.2) is 0 Å². The Morgan fingerprint density at radius 2 is 1.79 bits per heavy atom. The number of benzene rings is 1. The predicted molar refractivity (Wildman–Crippen MR) is 71.5 cm³/mol. The summed E-state index contributed by atoms with van der Waals surface area (Å²) in [5.74, 6) is 0.915. The molecule has 2 atom stereocenters. The van der Waals surface area contributed by atoms with Crippen LogP contribution in [0.2, 0.25) is 0 Å². The van der Waals surface area contributed by atoms with Gasteiger partial charge in [0.1, 0.15) is 0 Å². The fourth-order valence-corrected chi connectivity index (χ4v) is 2.66. The van der Waals surface area contributed by atoms with Crippen molar-refractivity contribution < 1.29 is 13.2 Å². The molecular formula is C14H17ClF3N. The molecule has 19 heavy (non-hydrogen) atoms. The third-order valence-electron chi connectivity index (χ3n) is 3.85. The second kappa shape index (κ2) is 5.23. The summed E-state index contributed by atoms with van der Waals surface area (Å²) >= 11 is 5.63. The largest absolute Gasteiger partial charge is 0.418 e.